The highest BCUT2D eigenvalue weighted by Gasteiger charge is 2.43. The van der Waals surface area contributed by atoms with Crippen molar-refractivity contribution in [1.29, 1.82) is 0 Å². The maximum atomic E-state index is 12.9. The SMILES string of the molecule is O=C1CC(N2CCN(Cc3ccccc3)CC2)C(=O)N1c1ccc(Br)cc1. The fourth-order valence-corrected chi connectivity index (χ4v) is 4.10. The number of carbonyl (C=O) groups is 2. The summed E-state index contributed by atoms with van der Waals surface area (Å²) >= 11 is 3.39. The van der Waals surface area contributed by atoms with E-state index in [1.54, 1.807) is 12.1 Å². The van der Waals surface area contributed by atoms with Crippen molar-refractivity contribution in [2.75, 3.05) is 31.1 Å². The van der Waals surface area contributed by atoms with Crippen molar-refractivity contribution in [3.63, 3.8) is 0 Å². The topological polar surface area (TPSA) is 43.9 Å². The minimum absolute atomic E-state index is 0.0983. The molecule has 2 aromatic rings. The second-order valence-electron chi connectivity index (χ2n) is 7.06. The van der Waals surface area contributed by atoms with Crippen molar-refractivity contribution in [2.45, 2.75) is 19.0 Å². The minimum Gasteiger partial charge on any atom is -0.297 e. The number of carbonyl (C=O) groups excluding carboxylic acids is 2. The van der Waals surface area contributed by atoms with Crippen LogP contribution in [0, 0.1) is 0 Å². The standard InChI is InChI=1S/C21H22BrN3O2/c22-17-6-8-18(9-7-17)25-20(26)14-19(21(25)27)24-12-10-23(11-13-24)15-16-4-2-1-3-5-16/h1-9,19H,10-15H2. The molecule has 2 amide bonds. The molecule has 2 aromatic carbocycles. The molecule has 2 heterocycles. The van der Waals surface area contributed by atoms with Gasteiger partial charge in [0.25, 0.3) is 5.91 Å². The van der Waals surface area contributed by atoms with Crippen molar-refractivity contribution in [3.8, 4) is 0 Å². The largest absolute Gasteiger partial charge is 0.297 e. The summed E-state index contributed by atoms with van der Waals surface area (Å²) in [6.45, 7) is 4.36. The van der Waals surface area contributed by atoms with Gasteiger partial charge < -0.3 is 0 Å². The van der Waals surface area contributed by atoms with Gasteiger partial charge in [0.2, 0.25) is 5.91 Å². The Bertz CT molecular complexity index is 817. The summed E-state index contributed by atoms with van der Waals surface area (Å²) < 4.78 is 0.927. The van der Waals surface area contributed by atoms with Crippen LogP contribution in [-0.2, 0) is 16.1 Å². The lowest BCUT2D eigenvalue weighted by Gasteiger charge is -2.37. The summed E-state index contributed by atoms with van der Waals surface area (Å²) in [7, 11) is 0. The van der Waals surface area contributed by atoms with Gasteiger partial charge in [0.05, 0.1) is 18.2 Å². The zero-order valence-corrected chi connectivity index (χ0v) is 16.6. The van der Waals surface area contributed by atoms with E-state index in [0.717, 1.165) is 37.2 Å². The lowest BCUT2D eigenvalue weighted by atomic mass is 10.1. The van der Waals surface area contributed by atoms with Crippen LogP contribution in [0.25, 0.3) is 0 Å². The Morgan fingerprint density at radius 1 is 0.889 bits per heavy atom. The first-order valence-corrected chi connectivity index (χ1v) is 10.0. The van der Waals surface area contributed by atoms with Gasteiger partial charge in [-0.1, -0.05) is 46.3 Å². The molecular weight excluding hydrogens is 406 g/mol. The summed E-state index contributed by atoms with van der Waals surface area (Å²) in [5.74, 6) is -0.210. The minimum atomic E-state index is -0.333. The number of imide groups is 1. The first-order valence-electron chi connectivity index (χ1n) is 9.24. The molecule has 0 bridgehead atoms. The van der Waals surface area contributed by atoms with Crippen LogP contribution >= 0.6 is 15.9 Å². The lowest BCUT2D eigenvalue weighted by Crippen LogP contribution is -2.52. The highest BCUT2D eigenvalue weighted by molar-refractivity contribution is 9.10. The Kier molecular flexibility index (Phi) is 5.38. The molecule has 5 nitrogen and oxygen atoms in total. The van der Waals surface area contributed by atoms with Crippen LogP contribution in [0.2, 0.25) is 0 Å². The number of anilines is 1. The van der Waals surface area contributed by atoms with E-state index in [-0.39, 0.29) is 24.3 Å². The first kappa shape index (κ1) is 18.3. The van der Waals surface area contributed by atoms with Crippen molar-refractivity contribution in [2.24, 2.45) is 0 Å². The summed E-state index contributed by atoms with van der Waals surface area (Å²) in [5.41, 5.74) is 1.96. The molecule has 0 aliphatic carbocycles. The lowest BCUT2D eigenvalue weighted by molar-refractivity contribution is -0.123. The number of hydrogen-bond acceptors (Lipinski definition) is 4. The zero-order chi connectivity index (χ0) is 18.8. The van der Waals surface area contributed by atoms with E-state index in [1.165, 1.54) is 10.5 Å². The van der Waals surface area contributed by atoms with Crippen LogP contribution in [-0.4, -0.2) is 53.8 Å². The molecule has 2 aliphatic rings. The smallest absolute Gasteiger partial charge is 0.251 e. The van der Waals surface area contributed by atoms with Crippen LogP contribution in [0.15, 0.2) is 59.1 Å². The number of nitrogens with zero attached hydrogens (tertiary/aromatic N) is 3. The van der Waals surface area contributed by atoms with Crippen molar-refractivity contribution in [1.82, 2.24) is 9.80 Å². The van der Waals surface area contributed by atoms with Gasteiger partial charge in [-0.15, -0.1) is 0 Å². The van der Waals surface area contributed by atoms with Crippen molar-refractivity contribution in [3.05, 3.63) is 64.6 Å². The highest BCUT2D eigenvalue weighted by Crippen LogP contribution is 2.27. The second kappa shape index (κ2) is 7.92. The Morgan fingerprint density at radius 2 is 1.56 bits per heavy atom. The third-order valence-corrected chi connectivity index (χ3v) is 5.83. The normalized spacial score (nSPS) is 21.8. The summed E-state index contributed by atoms with van der Waals surface area (Å²) in [6.07, 6.45) is 0.271. The zero-order valence-electron chi connectivity index (χ0n) is 15.1. The van der Waals surface area contributed by atoms with Gasteiger partial charge >= 0.3 is 0 Å². The van der Waals surface area contributed by atoms with E-state index >= 15 is 0 Å². The van der Waals surface area contributed by atoms with E-state index in [2.05, 4.69) is 50.0 Å². The van der Waals surface area contributed by atoms with Crippen LogP contribution < -0.4 is 4.90 Å². The molecule has 140 valence electrons. The third-order valence-electron chi connectivity index (χ3n) is 5.30. The van der Waals surface area contributed by atoms with E-state index in [1.807, 2.05) is 18.2 Å². The van der Waals surface area contributed by atoms with Crippen molar-refractivity contribution < 1.29 is 9.59 Å². The predicted molar refractivity (Wildman–Crippen MR) is 108 cm³/mol. The Morgan fingerprint density at radius 3 is 2.22 bits per heavy atom. The average Bonchev–Trinajstić information content (AvgIpc) is 2.98. The molecule has 1 atom stereocenters. The number of halogens is 1. The van der Waals surface area contributed by atoms with Crippen LogP contribution in [0.5, 0.6) is 0 Å². The number of rotatable bonds is 4. The van der Waals surface area contributed by atoms with Gasteiger partial charge in [-0.2, -0.15) is 0 Å². The number of benzene rings is 2. The van der Waals surface area contributed by atoms with Gasteiger partial charge in [-0.3, -0.25) is 19.4 Å². The third kappa shape index (κ3) is 3.98. The summed E-state index contributed by atoms with van der Waals surface area (Å²) in [6, 6.07) is 17.4. The Hall–Kier alpha value is -2.02. The molecular formula is C21H22BrN3O2. The van der Waals surface area contributed by atoms with Crippen molar-refractivity contribution >= 4 is 33.4 Å². The van der Waals surface area contributed by atoms with Gasteiger partial charge in [0.15, 0.2) is 0 Å². The quantitative estimate of drug-likeness (QED) is 0.703. The van der Waals surface area contributed by atoms with Gasteiger partial charge in [0.1, 0.15) is 0 Å². The monoisotopic (exact) mass is 427 g/mol. The number of piperazine rings is 1. The molecule has 2 saturated heterocycles. The maximum Gasteiger partial charge on any atom is 0.251 e. The van der Waals surface area contributed by atoms with Gasteiger partial charge in [-0.25, -0.2) is 4.90 Å². The molecule has 2 fully saturated rings. The summed E-state index contributed by atoms with van der Waals surface area (Å²) in [5, 5.41) is 0. The number of hydrogen-bond donors (Lipinski definition) is 0. The molecule has 0 aromatic heterocycles. The molecule has 6 heteroatoms. The van der Waals surface area contributed by atoms with Crippen LogP contribution in [0.1, 0.15) is 12.0 Å². The first-order chi connectivity index (χ1) is 13.1. The van der Waals surface area contributed by atoms with E-state index in [0.29, 0.717) is 5.69 Å². The van der Waals surface area contributed by atoms with E-state index in [9.17, 15) is 9.59 Å². The molecule has 27 heavy (non-hydrogen) atoms. The molecule has 0 radical (unpaired) electrons. The fourth-order valence-electron chi connectivity index (χ4n) is 3.84. The average molecular weight is 428 g/mol. The van der Waals surface area contributed by atoms with Crippen LogP contribution in [0.3, 0.4) is 0 Å². The Balaban J connectivity index is 1.38. The molecule has 2 aliphatic heterocycles. The second-order valence-corrected chi connectivity index (χ2v) is 7.98. The molecule has 4 rings (SSSR count). The van der Waals surface area contributed by atoms with Gasteiger partial charge in [0, 0.05) is 37.2 Å². The summed E-state index contributed by atoms with van der Waals surface area (Å²) in [4.78, 5) is 31.3. The maximum absolute atomic E-state index is 12.9. The van der Waals surface area contributed by atoms with Crippen LogP contribution in [0.4, 0.5) is 5.69 Å². The predicted octanol–water partition coefficient (Wildman–Crippen LogP) is 2.90. The molecule has 0 saturated carbocycles. The van der Waals surface area contributed by atoms with E-state index < -0.39 is 0 Å². The Labute approximate surface area is 167 Å². The van der Waals surface area contributed by atoms with Gasteiger partial charge in [-0.05, 0) is 29.8 Å². The molecule has 0 spiro atoms. The molecule has 0 N–H and O–H groups in total. The highest BCUT2D eigenvalue weighted by atomic mass is 79.9. The van der Waals surface area contributed by atoms with E-state index in [4.69, 9.17) is 0 Å². The number of amides is 2. The fraction of sp³-hybridized carbons (Fsp3) is 0.333. The molecule has 1 unspecified atom stereocenters.